The van der Waals surface area contributed by atoms with Gasteiger partial charge in [0.2, 0.25) is 0 Å². The van der Waals surface area contributed by atoms with Crippen molar-refractivity contribution in [2.24, 2.45) is 5.10 Å². The van der Waals surface area contributed by atoms with Gasteiger partial charge >= 0.3 is 6.09 Å². The molecule has 2 aromatic carbocycles. The number of halogens is 1. The molecule has 170 valence electrons. The van der Waals surface area contributed by atoms with Crippen LogP contribution in [0.4, 0.5) is 14.9 Å². The van der Waals surface area contributed by atoms with Crippen LogP contribution in [0.15, 0.2) is 53.8 Å². The molecule has 3 aromatic rings. The minimum atomic E-state index is -1.10. The second-order valence-electron chi connectivity index (χ2n) is 8.93. The van der Waals surface area contributed by atoms with Crippen molar-refractivity contribution in [1.29, 1.82) is 5.26 Å². The van der Waals surface area contributed by atoms with Crippen molar-refractivity contribution >= 4 is 29.0 Å². The molecule has 2 atom stereocenters. The number of hydrazone groups is 1. The highest BCUT2D eigenvalue weighted by atomic mass is 19.1. The molecule has 0 aliphatic carbocycles. The summed E-state index contributed by atoms with van der Waals surface area (Å²) in [6.07, 6.45) is 1.76. The normalized spacial score (nSPS) is 16.5. The van der Waals surface area contributed by atoms with Gasteiger partial charge in [0.25, 0.3) is 0 Å². The number of H-pyrrole nitrogens is 1. The number of anilines is 1. The van der Waals surface area contributed by atoms with Crippen LogP contribution in [0.25, 0.3) is 10.9 Å². The average Bonchev–Trinajstić information content (AvgIpc) is 3.39. The highest BCUT2D eigenvalue weighted by Gasteiger charge is 2.42. The number of fused-ring (bicyclic) bond motifs is 1. The largest absolute Gasteiger partial charge is 0.465 e. The van der Waals surface area contributed by atoms with E-state index in [-0.39, 0.29) is 12.1 Å². The van der Waals surface area contributed by atoms with Gasteiger partial charge in [-0.15, -0.1) is 0 Å². The monoisotopic (exact) mass is 448 g/mol. The highest BCUT2D eigenvalue weighted by Crippen LogP contribution is 2.31. The van der Waals surface area contributed by atoms with E-state index in [2.05, 4.69) is 21.6 Å². The fraction of sp³-hybridized carbons (Fsp3) is 0.292. The summed E-state index contributed by atoms with van der Waals surface area (Å²) in [4.78, 5) is 18.6. The number of carboxylic acid groups (broad SMARTS) is 1. The summed E-state index contributed by atoms with van der Waals surface area (Å²) in [6, 6.07) is 13.2. The molecule has 1 amide bonds. The Hall–Kier alpha value is -4.06. The maximum Gasteiger partial charge on any atom is 0.408 e. The van der Waals surface area contributed by atoms with E-state index in [1.807, 2.05) is 26.8 Å². The third-order valence-corrected chi connectivity index (χ3v) is 5.78. The smallest absolute Gasteiger partial charge is 0.408 e. The Balaban J connectivity index is 1.83. The van der Waals surface area contributed by atoms with E-state index >= 15 is 0 Å². The van der Waals surface area contributed by atoms with Crippen molar-refractivity contribution in [2.75, 3.05) is 4.90 Å². The number of carbonyl (C=O) groups is 1. The van der Waals surface area contributed by atoms with Gasteiger partial charge in [0.1, 0.15) is 18.3 Å². The molecule has 0 saturated heterocycles. The molecule has 0 fully saturated rings. The third kappa shape index (κ3) is 4.07. The van der Waals surface area contributed by atoms with Gasteiger partial charge < -0.3 is 15.0 Å². The number of hydrogen-bond acceptors (Lipinski definition) is 5. The number of para-hydroxylation sites is 1. The third-order valence-electron chi connectivity index (χ3n) is 5.78. The second-order valence-corrected chi connectivity index (χ2v) is 8.93. The summed E-state index contributed by atoms with van der Waals surface area (Å²) in [5.41, 5.74) is 4.60. The first kappa shape index (κ1) is 22.1. The molecule has 1 aliphatic rings. The minimum absolute atomic E-state index is 0.272. The Bertz CT molecular complexity index is 1260. The number of benzene rings is 2. The van der Waals surface area contributed by atoms with Crippen molar-refractivity contribution in [2.45, 2.75) is 44.9 Å². The molecule has 0 spiro atoms. The molecule has 33 heavy (non-hydrogen) atoms. The van der Waals surface area contributed by atoms with Crippen LogP contribution in [0.1, 0.15) is 31.9 Å². The first-order valence-corrected chi connectivity index (χ1v) is 10.6. The molecule has 9 heteroatoms. The summed E-state index contributed by atoms with van der Waals surface area (Å²) in [5, 5.41) is 24.7. The van der Waals surface area contributed by atoms with Gasteiger partial charge in [-0.3, -0.25) is 10.3 Å². The molecular weight excluding hydrogens is 423 g/mol. The van der Waals surface area contributed by atoms with Crippen LogP contribution in [0.5, 0.6) is 0 Å². The molecule has 1 unspecified atom stereocenters. The number of aromatic amines is 1. The lowest BCUT2D eigenvalue weighted by Gasteiger charge is -2.44. The Morgan fingerprint density at radius 1 is 1.30 bits per heavy atom. The van der Waals surface area contributed by atoms with Crippen LogP contribution < -0.4 is 10.3 Å². The Morgan fingerprint density at radius 2 is 2.06 bits per heavy atom. The molecule has 0 saturated carbocycles. The molecular formula is C24H25FN6O2. The molecule has 1 aliphatic heterocycles. The van der Waals surface area contributed by atoms with Crippen molar-refractivity contribution in [3.05, 3.63) is 65.6 Å². The molecule has 0 bridgehead atoms. The Labute approximate surface area is 190 Å². The number of amides is 1. The zero-order chi connectivity index (χ0) is 23.8. The zero-order valence-electron chi connectivity index (χ0n) is 18.6. The van der Waals surface area contributed by atoms with Crippen molar-refractivity contribution in [3.63, 3.8) is 0 Å². The predicted octanol–water partition coefficient (Wildman–Crippen LogP) is 4.25. The molecule has 2 heterocycles. The van der Waals surface area contributed by atoms with E-state index in [9.17, 15) is 19.6 Å². The average molecular weight is 449 g/mol. The van der Waals surface area contributed by atoms with Gasteiger partial charge in [-0.05, 0) is 57.0 Å². The topological polar surface area (TPSA) is 108 Å². The van der Waals surface area contributed by atoms with E-state index in [0.29, 0.717) is 5.56 Å². The molecule has 3 N–H and O–H groups in total. The van der Waals surface area contributed by atoms with Gasteiger partial charge in [-0.1, -0.05) is 18.2 Å². The Kier molecular flexibility index (Phi) is 5.68. The first-order valence-electron chi connectivity index (χ1n) is 10.6. The van der Waals surface area contributed by atoms with E-state index in [1.165, 1.54) is 17.3 Å². The predicted molar refractivity (Wildman–Crippen MR) is 124 cm³/mol. The van der Waals surface area contributed by atoms with Crippen LogP contribution in [0, 0.1) is 17.1 Å². The standard InChI is InChI=1S/C24H25FN6O2/c1-24(2,3)31(23(32)33)20(11-16-13-27-18-9-6-7-15(12-26)21(16)18)22-29-28-14-30(22)19-10-5-4-8-17(19)25/h4-10,13-14,20,22,27,29H,11H2,1-3H3,(H,32,33)/t20-,22?/m1/s1. The first-order chi connectivity index (χ1) is 15.7. The van der Waals surface area contributed by atoms with Crippen molar-refractivity contribution in [3.8, 4) is 6.07 Å². The van der Waals surface area contributed by atoms with Crippen LogP contribution in [0.2, 0.25) is 0 Å². The molecule has 0 radical (unpaired) electrons. The van der Waals surface area contributed by atoms with Gasteiger partial charge in [-0.2, -0.15) is 10.4 Å². The zero-order valence-corrected chi connectivity index (χ0v) is 18.6. The highest BCUT2D eigenvalue weighted by molar-refractivity contribution is 5.89. The summed E-state index contributed by atoms with van der Waals surface area (Å²) in [7, 11) is 0. The number of nitrogens with one attached hydrogen (secondary N) is 2. The summed E-state index contributed by atoms with van der Waals surface area (Å²) in [5.74, 6) is -0.437. The minimum Gasteiger partial charge on any atom is -0.465 e. The van der Waals surface area contributed by atoms with Gasteiger partial charge in [0, 0.05) is 22.6 Å². The van der Waals surface area contributed by atoms with Gasteiger partial charge in [-0.25, -0.2) is 9.18 Å². The van der Waals surface area contributed by atoms with Crippen LogP contribution >= 0.6 is 0 Å². The second kappa shape index (κ2) is 8.47. The Morgan fingerprint density at radius 3 is 2.73 bits per heavy atom. The SMILES string of the molecule is CC(C)(C)N(C(=O)O)[C@H](Cc1c[nH]c2cccc(C#N)c12)C1NN=CN1c1ccccc1F. The number of rotatable bonds is 5. The summed E-state index contributed by atoms with van der Waals surface area (Å²) in [6.45, 7) is 5.44. The fourth-order valence-corrected chi connectivity index (χ4v) is 4.46. The van der Waals surface area contributed by atoms with Gasteiger partial charge in [0.05, 0.1) is 23.4 Å². The maximum atomic E-state index is 14.7. The van der Waals surface area contributed by atoms with E-state index < -0.39 is 29.7 Å². The molecule has 1 aromatic heterocycles. The summed E-state index contributed by atoms with van der Waals surface area (Å²) >= 11 is 0. The van der Waals surface area contributed by atoms with Crippen molar-refractivity contribution < 1.29 is 14.3 Å². The maximum absolute atomic E-state index is 14.7. The lowest BCUT2D eigenvalue weighted by molar-refractivity contribution is 0.0585. The van der Waals surface area contributed by atoms with Crippen molar-refractivity contribution in [1.82, 2.24) is 15.3 Å². The fourth-order valence-electron chi connectivity index (χ4n) is 4.46. The van der Waals surface area contributed by atoms with E-state index in [0.717, 1.165) is 16.5 Å². The van der Waals surface area contributed by atoms with E-state index in [4.69, 9.17) is 0 Å². The summed E-state index contributed by atoms with van der Waals surface area (Å²) < 4.78 is 14.7. The number of nitriles is 1. The quantitative estimate of drug-likeness (QED) is 0.541. The molecule has 8 nitrogen and oxygen atoms in total. The van der Waals surface area contributed by atoms with Crippen LogP contribution in [-0.2, 0) is 6.42 Å². The lowest BCUT2D eigenvalue weighted by atomic mass is 9.94. The van der Waals surface area contributed by atoms with Crippen LogP contribution in [0.3, 0.4) is 0 Å². The van der Waals surface area contributed by atoms with Crippen LogP contribution in [-0.4, -0.2) is 45.2 Å². The number of hydrogen-bond donors (Lipinski definition) is 3. The lowest BCUT2D eigenvalue weighted by Crippen LogP contribution is -2.62. The van der Waals surface area contributed by atoms with Gasteiger partial charge in [0.15, 0.2) is 0 Å². The molecule has 4 rings (SSSR count). The number of aromatic nitrogens is 1. The van der Waals surface area contributed by atoms with E-state index in [1.54, 1.807) is 41.4 Å². The number of nitrogens with zero attached hydrogens (tertiary/aromatic N) is 4.